The minimum Gasteiger partial charge on any atom is -0.353 e. The van der Waals surface area contributed by atoms with E-state index in [0.29, 0.717) is 5.95 Å². The first-order chi connectivity index (χ1) is 7.25. The molecule has 1 aromatic rings. The van der Waals surface area contributed by atoms with Crippen LogP contribution in [0.1, 0.15) is 37.1 Å². The van der Waals surface area contributed by atoms with E-state index in [2.05, 4.69) is 20.5 Å². The van der Waals surface area contributed by atoms with Crippen molar-refractivity contribution in [2.75, 3.05) is 11.9 Å². The highest BCUT2D eigenvalue weighted by Crippen LogP contribution is 2.28. The van der Waals surface area contributed by atoms with Gasteiger partial charge in [0.15, 0.2) is 0 Å². The van der Waals surface area contributed by atoms with Crippen molar-refractivity contribution in [3.8, 4) is 0 Å². The third-order valence-electron chi connectivity index (χ3n) is 3.15. The monoisotopic (exact) mass is 206 g/mol. The van der Waals surface area contributed by atoms with E-state index in [0.717, 1.165) is 23.9 Å². The van der Waals surface area contributed by atoms with Gasteiger partial charge in [-0.2, -0.15) is 5.10 Å². The number of aryl methyl sites for hydroxylation is 2. The van der Waals surface area contributed by atoms with E-state index in [9.17, 15) is 0 Å². The predicted molar refractivity (Wildman–Crippen MR) is 59.7 cm³/mol. The maximum absolute atomic E-state index is 4.33. The zero-order valence-corrected chi connectivity index (χ0v) is 9.45. The molecule has 1 aliphatic carbocycles. The van der Waals surface area contributed by atoms with Crippen LogP contribution in [0.5, 0.6) is 0 Å². The van der Waals surface area contributed by atoms with Crippen molar-refractivity contribution < 1.29 is 0 Å². The molecule has 2 rings (SSSR count). The van der Waals surface area contributed by atoms with E-state index in [1.165, 1.54) is 25.7 Å². The highest BCUT2D eigenvalue weighted by Gasteiger charge is 2.16. The molecule has 0 saturated heterocycles. The molecule has 0 aliphatic heterocycles. The van der Waals surface area contributed by atoms with Crippen LogP contribution in [-0.2, 0) is 0 Å². The Hall–Kier alpha value is -1.19. The summed E-state index contributed by atoms with van der Waals surface area (Å²) in [5.74, 6) is 1.59. The fraction of sp³-hybridized carbons (Fsp3) is 0.727. The minimum absolute atomic E-state index is 0.664. The van der Waals surface area contributed by atoms with Gasteiger partial charge in [-0.25, -0.2) is 4.98 Å². The topological polar surface area (TPSA) is 50.7 Å². The number of anilines is 1. The summed E-state index contributed by atoms with van der Waals surface area (Å²) in [4.78, 5) is 4.33. The van der Waals surface area contributed by atoms with Gasteiger partial charge in [0.25, 0.3) is 0 Å². The van der Waals surface area contributed by atoms with Gasteiger partial charge in [0, 0.05) is 6.54 Å². The molecule has 0 radical (unpaired) electrons. The molecule has 1 heterocycles. The zero-order chi connectivity index (χ0) is 10.7. The molecule has 0 bridgehead atoms. The number of nitrogens with one attached hydrogen (secondary N) is 1. The fourth-order valence-corrected chi connectivity index (χ4v) is 1.70. The first-order valence-electron chi connectivity index (χ1n) is 5.67. The van der Waals surface area contributed by atoms with E-state index < -0.39 is 0 Å². The van der Waals surface area contributed by atoms with E-state index in [1.54, 1.807) is 0 Å². The standard InChI is InChI=1S/C11H18N4/c1-8-9(2)14-15-11(13-8)12-7-6-10-4-3-5-10/h10H,3-7H2,1-2H3,(H,12,13,15). The molecule has 15 heavy (non-hydrogen) atoms. The van der Waals surface area contributed by atoms with Crippen LogP contribution in [0.25, 0.3) is 0 Å². The van der Waals surface area contributed by atoms with Gasteiger partial charge in [-0.1, -0.05) is 19.3 Å². The van der Waals surface area contributed by atoms with Gasteiger partial charge in [-0.3, -0.25) is 0 Å². The maximum Gasteiger partial charge on any atom is 0.242 e. The zero-order valence-electron chi connectivity index (χ0n) is 9.45. The average Bonchev–Trinajstić information content (AvgIpc) is 2.15. The Kier molecular flexibility index (Phi) is 3.14. The lowest BCUT2D eigenvalue weighted by molar-refractivity contribution is 0.302. The molecule has 1 saturated carbocycles. The van der Waals surface area contributed by atoms with E-state index in [4.69, 9.17) is 0 Å². The van der Waals surface area contributed by atoms with E-state index in [1.807, 2.05) is 13.8 Å². The van der Waals surface area contributed by atoms with Crippen molar-refractivity contribution in [1.29, 1.82) is 0 Å². The van der Waals surface area contributed by atoms with Gasteiger partial charge in [-0.05, 0) is 26.2 Å². The van der Waals surface area contributed by atoms with Crippen LogP contribution in [0.2, 0.25) is 0 Å². The predicted octanol–water partition coefficient (Wildman–Crippen LogP) is 2.09. The summed E-state index contributed by atoms with van der Waals surface area (Å²) in [7, 11) is 0. The van der Waals surface area contributed by atoms with Gasteiger partial charge in [-0.15, -0.1) is 5.10 Å². The molecular formula is C11H18N4. The molecule has 82 valence electrons. The molecule has 1 fully saturated rings. The molecule has 4 nitrogen and oxygen atoms in total. The molecular weight excluding hydrogens is 188 g/mol. The van der Waals surface area contributed by atoms with Crippen molar-refractivity contribution in [2.45, 2.75) is 39.5 Å². The number of rotatable bonds is 4. The second-order valence-corrected chi connectivity index (χ2v) is 4.32. The third-order valence-corrected chi connectivity index (χ3v) is 3.15. The summed E-state index contributed by atoms with van der Waals surface area (Å²) < 4.78 is 0. The van der Waals surface area contributed by atoms with Crippen LogP contribution in [0, 0.1) is 19.8 Å². The smallest absolute Gasteiger partial charge is 0.242 e. The van der Waals surface area contributed by atoms with E-state index >= 15 is 0 Å². The van der Waals surface area contributed by atoms with E-state index in [-0.39, 0.29) is 0 Å². The lowest BCUT2D eigenvalue weighted by atomic mass is 9.83. The summed E-state index contributed by atoms with van der Waals surface area (Å²) in [5, 5.41) is 11.3. The summed E-state index contributed by atoms with van der Waals surface area (Å²) in [6.45, 7) is 4.85. The Morgan fingerprint density at radius 1 is 1.20 bits per heavy atom. The molecule has 0 aromatic carbocycles. The lowest BCUT2D eigenvalue weighted by Crippen LogP contribution is -2.16. The van der Waals surface area contributed by atoms with Crippen molar-refractivity contribution in [1.82, 2.24) is 15.2 Å². The van der Waals surface area contributed by atoms with Crippen LogP contribution >= 0.6 is 0 Å². The molecule has 0 unspecified atom stereocenters. The Bertz CT molecular complexity index is 333. The summed E-state index contributed by atoms with van der Waals surface area (Å²) in [6, 6.07) is 0. The first kappa shape index (κ1) is 10.3. The summed E-state index contributed by atoms with van der Waals surface area (Å²) in [6.07, 6.45) is 5.43. The molecule has 0 spiro atoms. The fourth-order valence-electron chi connectivity index (χ4n) is 1.70. The van der Waals surface area contributed by atoms with Crippen LogP contribution in [-0.4, -0.2) is 21.7 Å². The SMILES string of the molecule is Cc1nnc(NCCC2CCC2)nc1C. The van der Waals surface area contributed by atoms with Crippen molar-refractivity contribution in [3.63, 3.8) is 0 Å². The maximum atomic E-state index is 4.33. The van der Waals surface area contributed by atoms with Gasteiger partial charge in [0.05, 0.1) is 11.4 Å². The normalized spacial score (nSPS) is 16.1. The Morgan fingerprint density at radius 3 is 2.60 bits per heavy atom. The largest absolute Gasteiger partial charge is 0.353 e. The van der Waals surface area contributed by atoms with Crippen molar-refractivity contribution in [3.05, 3.63) is 11.4 Å². The number of nitrogens with zero attached hydrogens (tertiary/aromatic N) is 3. The second kappa shape index (κ2) is 4.55. The second-order valence-electron chi connectivity index (χ2n) is 4.32. The van der Waals surface area contributed by atoms with Crippen LogP contribution in [0.4, 0.5) is 5.95 Å². The Balaban J connectivity index is 1.79. The summed E-state index contributed by atoms with van der Waals surface area (Å²) in [5.41, 5.74) is 1.86. The van der Waals surface area contributed by atoms with Crippen LogP contribution in [0.15, 0.2) is 0 Å². The van der Waals surface area contributed by atoms with Gasteiger partial charge in [0.2, 0.25) is 5.95 Å². The lowest BCUT2D eigenvalue weighted by Gasteiger charge is -2.25. The average molecular weight is 206 g/mol. The highest BCUT2D eigenvalue weighted by molar-refractivity contribution is 5.24. The minimum atomic E-state index is 0.664. The number of aromatic nitrogens is 3. The van der Waals surface area contributed by atoms with Gasteiger partial charge in [0.1, 0.15) is 0 Å². The first-order valence-corrected chi connectivity index (χ1v) is 5.67. The van der Waals surface area contributed by atoms with Crippen LogP contribution < -0.4 is 5.32 Å². The molecule has 1 aromatic heterocycles. The Morgan fingerprint density at radius 2 is 2.00 bits per heavy atom. The Labute approximate surface area is 90.5 Å². The van der Waals surface area contributed by atoms with Crippen molar-refractivity contribution >= 4 is 5.95 Å². The molecule has 4 heteroatoms. The molecule has 1 N–H and O–H groups in total. The number of hydrogen-bond donors (Lipinski definition) is 1. The summed E-state index contributed by atoms with van der Waals surface area (Å²) >= 11 is 0. The van der Waals surface area contributed by atoms with Crippen LogP contribution in [0.3, 0.4) is 0 Å². The molecule has 1 aliphatic rings. The number of hydrogen-bond acceptors (Lipinski definition) is 4. The van der Waals surface area contributed by atoms with Crippen molar-refractivity contribution in [2.24, 2.45) is 5.92 Å². The third kappa shape index (κ3) is 2.64. The van der Waals surface area contributed by atoms with Gasteiger partial charge >= 0.3 is 0 Å². The van der Waals surface area contributed by atoms with Gasteiger partial charge < -0.3 is 5.32 Å². The highest BCUT2D eigenvalue weighted by atomic mass is 15.2. The quantitative estimate of drug-likeness (QED) is 0.819. The molecule has 0 amide bonds. The molecule has 0 atom stereocenters.